The summed E-state index contributed by atoms with van der Waals surface area (Å²) in [4.78, 5) is 37.6. The van der Waals surface area contributed by atoms with Crippen molar-refractivity contribution in [3.05, 3.63) is 77.3 Å². The molecule has 0 unspecified atom stereocenters. The molecule has 1 aromatic heterocycles. The third-order valence-electron chi connectivity index (χ3n) is 6.91. The van der Waals surface area contributed by atoms with Gasteiger partial charge in [-0.3, -0.25) is 14.6 Å². The Balaban J connectivity index is 1.21. The number of imide groups is 1. The number of carbonyl (C=O) groups excluding carboxylic acids is 2. The maximum absolute atomic E-state index is 13.4. The number of hydrogen-bond donors (Lipinski definition) is 0. The van der Waals surface area contributed by atoms with Crippen LogP contribution in [0.5, 0.6) is 0 Å². The molecule has 2 aliphatic rings. The van der Waals surface area contributed by atoms with Gasteiger partial charge in [0.2, 0.25) is 0 Å². The highest BCUT2D eigenvalue weighted by molar-refractivity contribution is 7.15. The molecule has 0 atom stereocenters. The highest BCUT2D eigenvalue weighted by Crippen LogP contribution is 2.37. The number of nitrogens with zero attached hydrogens (tertiary/aromatic N) is 4. The minimum Gasteiger partial charge on any atom is -0.312 e. The van der Waals surface area contributed by atoms with Gasteiger partial charge >= 0.3 is 6.03 Å². The summed E-state index contributed by atoms with van der Waals surface area (Å²) in [6.45, 7) is 2.83. The highest BCUT2D eigenvalue weighted by atomic mass is 32.1. The number of rotatable bonds is 6. The van der Waals surface area contributed by atoms with Crippen LogP contribution in [0.3, 0.4) is 0 Å². The topological polar surface area (TPSA) is 56.8 Å². The first kappa shape index (κ1) is 21.8. The van der Waals surface area contributed by atoms with Gasteiger partial charge in [0.05, 0.1) is 0 Å². The monoisotopic (exact) mass is 460 g/mol. The fourth-order valence-electron chi connectivity index (χ4n) is 4.87. The molecular weight excluding hydrogens is 432 g/mol. The van der Waals surface area contributed by atoms with Gasteiger partial charge in [-0.25, -0.2) is 9.78 Å². The van der Waals surface area contributed by atoms with Crippen molar-refractivity contribution in [2.45, 2.75) is 31.3 Å². The fraction of sp³-hybridized carbons (Fsp3) is 0.346. The predicted octanol–water partition coefficient (Wildman–Crippen LogP) is 4.28. The Kier molecular flexibility index (Phi) is 6.00. The van der Waals surface area contributed by atoms with Crippen LogP contribution in [-0.4, -0.2) is 63.8 Å². The highest BCUT2D eigenvalue weighted by Gasteiger charge is 2.56. The third-order valence-corrected chi connectivity index (χ3v) is 7.94. The summed E-state index contributed by atoms with van der Waals surface area (Å²) in [5, 5.41) is 1.03. The quantitative estimate of drug-likeness (QED) is 0.515. The lowest BCUT2D eigenvalue weighted by molar-refractivity contribution is -0.135. The first-order valence-electron chi connectivity index (χ1n) is 11.4. The Morgan fingerprint density at radius 2 is 1.64 bits per heavy atom. The smallest absolute Gasteiger partial charge is 0.312 e. The van der Waals surface area contributed by atoms with E-state index in [9.17, 15) is 9.59 Å². The average molecular weight is 461 g/mol. The molecule has 3 amide bonds. The van der Waals surface area contributed by atoms with Gasteiger partial charge in [0.15, 0.2) is 0 Å². The molecule has 3 aromatic rings. The second-order valence-corrected chi connectivity index (χ2v) is 9.95. The van der Waals surface area contributed by atoms with Crippen molar-refractivity contribution in [1.82, 2.24) is 19.7 Å². The fourth-order valence-corrected chi connectivity index (χ4v) is 5.83. The van der Waals surface area contributed by atoms with Crippen molar-refractivity contribution in [1.29, 1.82) is 0 Å². The van der Waals surface area contributed by atoms with Crippen LogP contribution in [0, 0.1) is 0 Å². The minimum absolute atomic E-state index is 0.0327. The number of urea groups is 1. The molecular formula is C26H28N4O2S. The van der Waals surface area contributed by atoms with E-state index in [1.807, 2.05) is 54.7 Å². The second kappa shape index (κ2) is 9.08. The van der Waals surface area contributed by atoms with Crippen LogP contribution >= 0.6 is 11.3 Å². The van der Waals surface area contributed by atoms with E-state index in [0.29, 0.717) is 25.8 Å². The molecule has 3 heterocycles. The average Bonchev–Trinajstić information content (AvgIpc) is 3.39. The summed E-state index contributed by atoms with van der Waals surface area (Å²) < 4.78 is 0. The lowest BCUT2D eigenvalue weighted by atomic mass is 9.86. The summed E-state index contributed by atoms with van der Waals surface area (Å²) in [7, 11) is 1.79. The molecule has 0 bridgehead atoms. The Morgan fingerprint density at radius 3 is 2.33 bits per heavy atom. The Morgan fingerprint density at radius 1 is 0.970 bits per heavy atom. The molecule has 0 N–H and O–H groups in total. The molecule has 6 nitrogen and oxygen atoms in total. The van der Waals surface area contributed by atoms with Gasteiger partial charge in [0.25, 0.3) is 5.91 Å². The van der Waals surface area contributed by atoms with Gasteiger partial charge < -0.3 is 4.90 Å². The molecule has 0 aliphatic carbocycles. The molecule has 5 rings (SSSR count). The summed E-state index contributed by atoms with van der Waals surface area (Å²) in [6.07, 6.45) is 3.98. The number of aromatic nitrogens is 1. The molecule has 170 valence electrons. The Labute approximate surface area is 198 Å². The van der Waals surface area contributed by atoms with Crippen molar-refractivity contribution in [3.8, 4) is 10.6 Å². The van der Waals surface area contributed by atoms with Crippen molar-refractivity contribution in [2.75, 3.05) is 26.7 Å². The number of hydrogen-bond acceptors (Lipinski definition) is 5. The number of benzene rings is 2. The molecule has 33 heavy (non-hydrogen) atoms. The number of likely N-dealkylation sites (N-methyl/N-ethyl adjacent to an activating group) is 1. The lowest BCUT2D eigenvalue weighted by Crippen LogP contribution is -2.55. The summed E-state index contributed by atoms with van der Waals surface area (Å²) in [5.74, 6) is -0.0327. The number of amides is 3. The third kappa shape index (κ3) is 4.18. The predicted molar refractivity (Wildman–Crippen MR) is 130 cm³/mol. The molecule has 0 saturated carbocycles. The van der Waals surface area contributed by atoms with Gasteiger partial charge in [-0.15, -0.1) is 11.3 Å². The lowest BCUT2D eigenvalue weighted by Gasteiger charge is -2.40. The van der Waals surface area contributed by atoms with Crippen LogP contribution in [0.15, 0.2) is 66.9 Å². The van der Waals surface area contributed by atoms with Gasteiger partial charge in [0, 0.05) is 49.9 Å². The van der Waals surface area contributed by atoms with E-state index < -0.39 is 5.54 Å². The molecule has 2 fully saturated rings. The number of carbonyl (C=O) groups is 2. The molecule has 2 aliphatic heterocycles. The van der Waals surface area contributed by atoms with Crippen molar-refractivity contribution >= 4 is 23.3 Å². The number of thiazole rings is 1. The Bertz CT molecular complexity index is 1120. The van der Waals surface area contributed by atoms with Crippen LogP contribution in [0.25, 0.3) is 10.6 Å². The zero-order valence-electron chi connectivity index (χ0n) is 18.8. The van der Waals surface area contributed by atoms with E-state index in [0.717, 1.165) is 35.8 Å². The first-order valence-corrected chi connectivity index (χ1v) is 12.2. The molecule has 2 saturated heterocycles. The summed E-state index contributed by atoms with van der Waals surface area (Å²) in [5.41, 5.74) is 1.57. The van der Waals surface area contributed by atoms with Crippen molar-refractivity contribution < 1.29 is 9.59 Å². The SMILES string of the molecule is CN1C(=O)N(CCc2ccccc2)C(=O)C12CCN(Cc1cnc(-c3ccccc3)s1)CC2. The van der Waals surface area contributed by atoms with E-state index in [4.69, 9.17) is 0 Å². The van der Waals surface area contributed by atoms with Crippen LogP contribution < -0.4 is 0 Å². The second-order valence-electron chi connectivity index (χ2n) is 8.84. The van der Waals surface area contributed by atoms with E-state index >= 15 is 0 Å². The standard InChI is InChI=1S/C26H28N4O2S/c1-28-25(32)30(15-12-20-8-4-2-5-9-20)24(31)26(28)13-16-29(17-14-26)19-22-18-27-23(33-22)21-10-6-3-7-11-21/h2-11,18H,12-17,19H2,1H3. The van der Waals surface area contributed by atoms with Crippen LogP contribution in [0.4, 0.5) is 4.79 Å². The number of likely N-dealkylation sites (tertiary alicyclic amines) is 1. The zero-order valence-corrected chi connectivity index (χ0v) is 19.6. The van der Waals surface area contributed by atoms with Gasteiger partial charge in [-0.1, -0.05) is 60.7 Å². The van der Waals surface area contributed by atoms with Gasteiger partial charge in [-0.05, 0) is 24.8 Å². The van der Waals surface area contributed by atoms with E-state index in [2.05, 4.69) is 22.0 Å². The van der Waals surface area contributed by atoms with E-state index in [1.165, 1.54) is 9.78 Å². The van der Waals surface area contributed by atoms with Crippen molar-refractivity contribution in [2.24, 2.45) is 0 Å². The van der Waals surface area contributed by atoms with E-state index in [-0.39, 0.29) is 11.9 Å². The Hall–Kier alpha value is -3.03. The van der Waals surface area contributed by atoms with Gasteiger partial charge in [-0.2, -0.15) is 0 Å². The summed E-state index contributed by atoms with van der Waals surface area (Å²) >= 11 is 1.72. The first-order chi connectivity index (χ1) is 16.1. The van der Waals surface area contributed by atoms with Crippen molar-refractivity contribution in [3.63, 3.8) is 0 Å². The summed E-state index contributed by atoms with van der Waals surface area (Å²) in [6, 6.07) is 20.1. The molecule has 2 aromatic carbocycles. The number of piperidine rings is 1. The minimum atomic E-state index is -0.701. The van der Waals surface area contributed by atoms with Crippen LogP contribution in [-0.2, 0) is 17.8 Å². The molecule has 7 heteroatoms. The van der Waals surface area contributed by atoms with Gasteiger partial charge in [0.1, 0.15) is 10.5 Å². The zero-order chi connectivity index (χ0) is 22.8. The van der Waals surface area contributed by atoms with E-state index in [1.54, 1.807) is 23.3 Å². The maximum Gasteiger partial charge on any atom is 0.327 e. The van der Waals surface area contributed by atoms with Crippen LogP contribution in [0.2, 0.25) is 0 Å². The molecule has 1 spiro atoms. The largest absolute Gasteiger partial charge is 0.327 e. The normalized spacial score (nSPS) is 18.5. The maximum atomic E-state index is 13.4. The molecule has 0 radical (unpaired) electrons. The van der Waals surface area contributed by atoms with Crippen LogP contribution in [0.1, 0.15) is 23.3 Å².